The number of nitrogens with zero attached hydrogens (tertiary/aromatic N) is 2. The smallest absolute Gasteiger partial charge is 0.211 e. The second-order valence-corrected chi connectivity index (χ2v) is 14.6. The first-order valence-corrected chi connectivity index (χ1v) is 13.7. The van der Waals surface area contributed by atoms with Gasteiger partial charge in [0.1, 0.15) is 11.5 Å². The first-order valence-electron chi connectivity index (χ1n) is 11.6. The van der Waals surface area contributed by atoms with E-state index >= 15 is 0 Å². The van der Waals surface area contributed by atoms with E-state index in [4.69, 9.17) is 9.16 Å². The molecule has 0 aliphatic rings. The van der Waals surface area contributed by atoms with Crippen LogP contribution in [0.3, 0.4) is 0 Å². The summed E-state index contributed by atoms with van der Waals surface area (Å²) in [6, 6.07) is 5.71. The minimum Gasteiger partial charge on any atom is -0.494 e. The molecule has 6 heteroatoms. The lowest BCUT2D eigenvalue weighted by Gasteiger charge is -2.42. The van der Waals surface area contributed by atoms with Crippen molar-refractivity contribution in [2.45, 2.75) is 85.0 Å². The van der Waals surface area contributed by atoms with E-state index in [1.807, 2.05) is 36.7 Å². The molecule has 1 heterocycles. The summed E-state index contributed by atoms with van der Waals surface area (Å²) in [6.07, 6.45) is 0.531. The average Bonchev–Trinajstić information content (AvgIpc) is 2.71. The Balaban J connectivity index is 2.37. The lowest BCUT2D eigenvalue weighted by atomic mass is 10.1. The van der Waals surface area contributed by atoms with Crippen molar-refractivity contribution in [1.82, 2.24) is 9.78 Å². The Bertz CT molecular complexity index is 941. The number of ether oxygens (including phenoxy) is 1. The Morgan fingerprint density at radius 1 is 1.10 bits per heavy atom. The molecule has 0 spiro atoms. The van der Waals surface area contributed by atoms with Crippen molar-refractivity contribution in [3.8, 4) is 0 Å². The van der Waals surface area contributed by atoms with Crippen LogP contribution in [0.1, 0.15) is 66.6 Å². The van der Waals surface area contributed by atoms with Gasteiger partial charge in [0.25, 0.3) is 0 Å². The normalized spacial score (nSPS) is 12.4. The van der Waals surface area contributed by atoms with E-state index in [9.17, 15) is 4.79 Å². The van der Waals surface area contributed by atoms with E-state index in [1.165, 1.54) is 0 Å². The van der Waals surface area contributed by atoms with Gasteiger partial charge < -0.3 is 9.16 Å². The number of aromatic nitrogens is 2. The predicted octanol–water partition coefficient (Wildman–Crippen LogP) is 6.16. The van der Waals surface area contributed by atoms with E-state index in [0.717, 1.165) is 11.1 Å². The first-order chi connectivity index (χ1) is 14.6. The fourth-order valence-corrected chi connectivity index (χ4v) is 10.5. The topological polar surface area (TPSA) is 53.4 Å². The highest BCUT2D eigenvalue weighted by atomic mass is 28.4. The van der Waals surface area contributed by atoms with Crippen LogP contribution in [0.15, 0.2) is 29.6 Å². The van der Waals surface area contributed by atoms with Crippen LogP contribution in [0.25, 0.3) is 16.7 Å². The molecule has 0 N–H and O–H groups in total. The minimum atomic E-state index is -1.96. The second kappa shape index (κ2) is 10.6. The minimum absolute atomic E-state index is 0.0113. The van der Waals surface area contributed by atoms with Crippen LogP contribution in [0, 0.1) is 0 Å². The Labute approximate surface area is 188 Å². The molecule has 31 heavy (non-hydrogen) atoms. The van der Waals surface area contributed by atoms with Gasteiger partial charge in [0.15, 0.2) is 8.32 Å². The summed E-state index contributed by atoms with van der Waals surface area (Å²) in [7, 11) is -1.96. The van der Waals surface area contributed by atoms with Gasteiger partial charge in [0, 0.05) is 30.5 Å². The van der Waals surface area contributed by atoms with Crippen molar-refractivity contribution in [3.05, 3.63) is 46.3 Å². The summed E-state index contributed by atoms with van der Waals surface area (Å²) < 4.78 is 14.1. The molecule has 2 aromatic rings. The summed E-state index contributed by atoms with van der Waals surface area (Å²) in [5.74, 6) is 0.606. The third kappa shape index (κ3) is 5.12. The third-order valence-corrected chi connectivity index (χ3v) is 12.5. The van der Waals surface area contributed by atoms with E-state index < -0.39 is 8.32 Å². The van der Waals surface area contributed by atoms with Crippen LogP contribution in [0.5, 0.6) is 0 Å². The highest BCUT2D eigenvalue weighted by Gasteiger charge is 2.44. The van der Waals surface area contributed by atoms with Crippen molar-refractivity contribution >= 4 is 25.0 Å². The van der Waals surface area contributed by atoms with Crippen molar-refractivity contribution in [2.75, 3.05) is 13.2 Å². The Morgan fingerprint density at radius 2 is 1.71 bits per heavy atom. The fraction of sp³-hybridized carbons (Fsp3) is 0.600. The van der Waals surface area contributed by atoms with Gasteiger partial charge in [0.05, 0.1) is 12.1 Å². The lowest BCUT2D eigenvalue weighted by Crippen LogP contribution is -2.48. The molecule has 0 saturated heterocycles. The third-order valence-electron chi connectivity index (χ3n) is 6.36. The largest absolute Gasteiger partial charge is 0.494 e. The molecule has 0 aliphatic heterocycles. The van der Waals surface area contributed by atoms with Crippen molar-refractivity contribution in [2.24, 2.45) is 0 Å². The summed E-state index contributed by atoms with van der Waals surface area (Å²) in [6.45, 7) is 23.4. The molecule has 0 radical (unpaired) electrons. The highest BCUT2D eigenvalue weighted by molar-refractivity contribution is 6.77. The maximum atomic E-state index is 13.2. The van der Waals surface area contributed by atoms with Crippen molar-refractivity contribution < 1.29 is 9.16 Å². The van der Waals surface area contributed by atoms with Gasteiger partial charge in [0.2, 0.25) is 5.43 Å². The van der Waals surface area contributed by atoms with Crippen molar-refractivity contribution in [3.63, 3.8) is 0 Å². The molecule has 172 valence electrons. The number of fused-ring (bicyclic) bond motifs is 1. The molecule has 0 amide bonds. The van der Waals surface area contributed by atoms with Gasteiger partial charge in [-0.1, -0.05) is 54.2 Å². The second-order valence-electron chi connectivity index (χ2n) is 9.10. The summed E-state index contributed by atoms with van der Waals surface area (Å²) >= 11 is 0. The van der Waals surface area contributed by atoms with Gasteiger partial charge in [-0.15, -0.1) is 0 Å². The zero-order valence-corrected chi connectivity index (χ0v) is 21.6. The van der Waals surface area contributed by atoms with E-state index in [-0.39, 0.29) is 5.43 Å². The maximum absolute atomic E-state index is 13.2. The van der Waals surface area contributed by atoms with Gasteiger partial charge in [-0.3, -0.25) is 9.48 Å². The molecule has 0 bridgehead atoms. The van der Waals surface area contributed by atoms with E-state index in [2.05, 4.69) is 53.2 Å². The number of hydrogen-bond donors (Lipinski definition) is 0. The van der Waals surface area contributed by atoms with E-state index in [0.29, 0.717) is 59.6 Å². The molecule has 5 nitrogen and oxygen atoms in total. The van der Waals surface area contributed by atoms with E-state index in [1.54, 1.807) is 0 Å². The number of aryl methyl sites for hydroxylation is 1. The quantitative estimate of drug-likeness (QED) is 0.308. The standard InChI is InChI=1S/C25H40N2O3Si/c1-10-27-24-16-21(20(9)29-11-2)12-13-22(24)25(28)23(26-27)14-15-30-31(17(3)4,18(5)6)19(7)8/h12-13,16-19H,9-11,14-15H2,1-8H3. The van der Waals surface area contributed by atoms with Gasteiger partial charge in [-0.05, 0) is 42.6 Å². The highest BCUT2D eigenvalue weighted by Crippen LogP contribution is 2.42. The molecular weight excluding hydrogens is 404 g/mol. The monoisotopic (exact) mass is 444 g/mol. The molecule has 2 rings (SSSR count). The molecule has 0 unspecified atom stereocenters. The summed E-state index contributed by atoms with van der Waals surface area (Å²) in [5, 5.41) is 5.37. The van der Waals surface area contributed by atoms with Crippen LogP contribution < -0.4 is 5.43 Å². The van der Waals surface area contributed by atoms with Crippen molar-refractivity contribution in [1.29, 1.82) is 0 Å². The molecule has 0 atom stereocenters. The maximum Gasteiger partial charge on any atom is 0.211 e. The van der Waals surface area contributed by atoms with Crippen LogP contribution in [0.4, 0.5) is 0 Å². The SMILES string of the molecule is C=C(OCC)c1ccc2c(=O)c(CCO[Si](C(C)C)(C(C)C)C(C)C)nn(CC)c2c1. The number of rotatable bonds is 11. The van der Waals surface area contributed by atoms with Gasteiger partial charge in [-0.25, -0.2) is 0 Å². The zero-order valence-electron chi connectivity index (χ0n) is 20.6. The van der Waals surface area contributed by atoms with Gasteiger partial charge in [-0.2, -0.15) is 5.10 Å². The van der Waals surface area contributed by atoms with Crippen LogP contribution >= 0.6 is 0 Å². The summed E-state index contributed by atoms with van der Waals surface area (Å²) in [5.41, 5.74) is 3.79. The summed E-state index contributed by atoms with van der Waals surface area (Å²) in [4.78, 5) is 13.2. The Morgan fingerprint density at radius 3 is 2.23 bits per heavy atom. The Hall–Kier alpha value is -1.92. The fourth-order valence-electron chi connectivity index (χ4n) is 5.00. The van der Waals surface area contributed by atoms with Gasteiger partial charge >= 0.3 is 0 Å². The number of hydrogen-bond acceptors (Lipinski definition) is 4. The van der Waals surface area contributed by atoms with Crippen LogP contribution in [-0.2, 0) is 22.1 Å². The molecule has 1 aromatic heterocycles. The first kappa shape index (κ1) is 25.3. The zero-order chi connectivity index (χ0) is 23.3. The molecular formula is C25H40N2O3Si. The number of benzene rings is 1. The predicted molar refractivity (Wildman–Crippen MR) is 133 cm³/mol. The molecule has 0 saturated carbocycles. The lowest BCUT2D eigenvalue weighted by molar-refractivity contribution is 0.279. The molecule has 0 aliphatic carbocycles. The molecule has 1 aromatic carbocycles. The Kier molecular flexibility index (Phi) is 8.66. The average molecular weight is 445 g/mol. The van der Waals surface area contributed by atoms with Crippen LogP contribution in [0.2, 0.25) is 16.6 Å². The molecule has 0 fully saturated rings. The van der Waals surface area contributed by atoms with Crippen LogP contribution in [-0.4, -0.2) is 31.3 Å².